The quantitative estimate of drug-likeness (QED) is 0.307. The summed E-state index contributed by atoms with van der Waals surface area (Å²) in [6.45, 7) is 3.61. The van der Waals surface area contributed by atoms with Gasteiger partial charge in [-0.2, -0.15) is 0 Å². The lowest BCUT2D eigenvalue weighted by Crippen LogP contribution is -2.20. The third-order valence-electron chi connectivity index (χ3n) is 6.19. The minimum absolute atomic E-state index is 0.0105. The van der Waals surface area contributed by atoms with Crippen molar-refractivity contribution < 1.29 is 17.9 Å². The average molecular weight is 539 g/mol. The number of nitrogens with one attached hydrogen (secondary N) is 2. The summed E-state index contributed by atoms with van der Waals surface area (Å²) in [6.07, 6.45) is 8.05. The van der Waals surface area contributed by atoms with Crippen LogP contribution < -0.4 is 10.0 Å². The molecule has 5 rings (SSSR count). The van der Waals surface area contributed by atoms with Crippen LogP contribution in [-0.2, 0) is 14.8 Å². The first-order valence-corrected chi connectivity index (χ1v) is 14.2. The van der Waals surface area contributed by atoms with E-state index >= 15 is 0 Å². The number of carbonyl (C=O) groups excluding carboxylic acids is 1. The molecule has 0 amide bonds. The predicted molar refractivity (Wildman–Crippen MR) is 142 cm³/mol. The average Bonchev–Trinajstić information content (AvgIpc) is 3.22. The van der Waals surface area contributed by atoms with Crippen LogP contribution in [0.4, 0.5) is 17.5 Å². The van der Waals surface area contributed by atoms with Gasteiger partial charge >= 0.3 is 5.97 Å². The summed E-state index contributed by atoms with van der Waals surface area (Å²) in [6, 6.07) is 7.91. The Labute approximate surface area is 218 Å². The van der Waals surface area contributed by atoms with Crippen molar-refractivity contribution in [2.45, 2.75) is 57.0 Å². The Kier molecular flexibility index (Phi) is 7.02. The van der Waals surface area contributed by atoms with E-state index in [0.717, 1.165) is 36.6 Å². The maximum Gasteiger partial charge on any atom is 0.348 e. The fraction of sp³-hybridized carbons (Fsp3) is 0.320. The minimum atomic E-state index is -3.86. The second-order valence-corrected chi connectivity index (χ2v) is 11.6. The van der Waals surface area contributed by atoms with Crippen LogP contribution in [-0.4, -0.2) is 40.4 Å². The standard InChI is InChI=1S/C25H26N6O4S2/c1-15-12-13-26-25(29-15)31-37(33,34)19-10-8-17(9-11-19)30-22-20-16(2)21(36-23(20)28-14-27-22)24(32)35-18-6-4-3-5-7-18/h8-14,18H,3-7H2,1-2H3,(H,26,29,31)(H,27,28,30). The molecular formula is C25H26N6O4S2. The van der Waals surface area contributed by atoms with Crippen molar-refractivity contribution in [1.82, 2.24) is 19.9 Å². The molecule has 0 unspecified atom stereocenters. The summed E-state index contributed by atoms with van der Waals surface area (Å²) in [5.41, 5.74) is 2.03. The first-order valence-electron chi connectivity index (χ1n) is 11.9. The van der Waals surface area contributed by atoms with Crippen LogP contribution >= 0.6 is 11.3 Å². The number of carbonyl (C=O) groups is 1. The number of sulfonamides is 1. The molecule has 3 heterocycles. The molecule has 3 aromatic heterocycles. The van der Waals surface area contributed by atoms with Crippen molar-refractivity contribution in [3.8, 4) is 0 Å². The van der Waals surface area contributed by atoms with E-state index in [0.29, 0.717) is 26.9 Å². The van der Waals surface area contributed by atoms with Gasteiger partial charge in [0.15, 0.2) is 0 Å². The van der Waals surface area contributed by atoms with Gasteiger partial charge in [-0.25, -0.2) is 37.9 Å². The lowest BCUT2D eigenvalue weighted by molar-refractivity contribution is 0.0216. The largest absolute Gasteiger partial charge is 0.458 e. The van der Waals surface area contributed by atoms with Crippen LogP contribution in [0.25, 0.3) is 10.2 Å². The van der Waals surface area contributed by atoms with E-state index in [1.165, 1.54) is 42.4 Å². The van der Waals surface area contributed by atoms with Crippen LogP contribution in [0.2, 0.25) is 0 Å². The molecule has 37 heavy (non-hydrogen) atoms. The lowest BCUT2D eigenvalue weighted by Gasteiger charge is -2.21. The molecule has 1 saturated carbocycles. The third kappa shape index (κ3) is 5.54. The van der Waals surface area contributed by atoms with Crippen LogP contribution in [0.15, 0.2) is 47.8 Å². The Morgan fingerprint density at radius 1 is 1.03 bits per heavy atom. The molecule has 1 aliphatic carbocycles. The van der Waals surface area contributed by atoms with Gasteiger partial charge in [0, 0.05) is 17.6 Å². The molecule has 0 atom stereocenters. The van der Waals surface area contributed by atoms with Crippen molar-refractivity contribution in [3.63, 3.8) is 0 Å². The highest BCUT2D eigenvalue weighted by molar-refractivity contribution is 7.92. The highest BCUT2D eigenvalue weighted by Gasteiger charge is 2.24. The zero-order valence-electron chi connectivity index (χ0n) is 20.4. The van der Waals surface area contributed by atoms with Gasteiger partial charge in [0.2, 0.25) is 5.95 Å². The molecule has 0 bridgehead atoms. The van der Waals surface area contributed by atoms with Crippen molar-refractivity contribution in [1.29, 1.82) is 0 Å². The molecule has 1 aromatic carbocycles. The summed E-state index contributed by atoms with van der Waals surface area (Å²) in [5, 5.41) is 3.96. The van der Waals surface area contributed by atoms with E-state index in [1.807, 2.05) is 6.92 Å². The summed E-state index contributed by atoms with van der Waals surface area (Å²) in [5.74, 6) is 0.215. The first kappa shape index (κ1) is 25.0. The smallest absolute Gasteiger partial charge is 0.348 e. The van der Waals surface area contributed by atoms with Gasteiger partial charge in [0.05, 0.1) is 10.3 Å². The molecule has 12 heteroatoms. The molecule has 10 nitrogen and oxygen atoms in total. The molecule has 2 N–H and O–H groups in total. The van der Waals surface area contributed by atoms with Crippen LogP contribution in [0.3, 0.4) is 0 Å². The topological polar surface area (TPSA) is 136 Å². The predicted octanol–water partition coefficient (Wildman–Crippen LogP) is 5.13. The van der Waals surface area contributed by atoms with Crippen LogP contribution in [0, 0.1) is 13.8 Å². The van der Waals surface area contributed by atoms with Crippen molar-refractivity contribution in [3.05, 3.63) is 59.0 Å². The second-order valence-electron chi connectivity index (χ2n) is 8.90. The van der Waals surface area contributed by atoms with E-state index in [-0.39, 0.29) is 22.9 Å². The Bertz CT molecular complexity index is 1550. The minimum Gasteiger partial charge on any atom is -0.458 e. The van der Waals surface area contributed by atoms with Gasteiger partial charge < -0.3 is 10.1 Å². The molecular weight excluding hydrogens is 512 g/mol. The van der Waals surface area contributed by atoms with E-state index < -0.39 is 10.0 Å². The fourth-order valence-electron chi connectivity index (χ4n) is 4.28. The van der Waals surface area contributed by atoms with E-state index in [1.54, 1.807) is 25.1 Å². The maximum atomic E-state index is 12.9. The Morgan fingerprint density at radius 3 is 2.51 bits per heavy atom. The summed E-state index contributed by atoms with van der Waals surface area (Å²) in [4.78, 5) is 30.9. The van der Waals surface area contributed by atoms with Crippen LogP contribution in [0.1, 0.15) is 53.0 Å². The summed E-state index contributed by atoms with van der Waals surface area (Å²) < 4.78 is 33.6. The van der Waals surface area contributed by atoms with Crippen molar-refractivity contribution in [2.75, 3.05) is 10.0 Å². The van der Waals surface area contributed by atoms with E-state index in [2.05, 4.69) is 30.0 Å². The molecule has 0 aliphatic heterocycles. The van der Waals surface area contributed by atoms with E-state index in [9.17, 15) is 13.2 Å². The summed E-state index contributed by atoms with van der Waals surface area (Å²) in [7, 11) is -3.86. The summed E-state index contributed by atoms with van der Waals surface area (Å²) >= 11 is 1.29. The Balaban J connectivity index is 1.35. The molecule has 0 saturated heterocycles. The Hall–Kier alpha value is -3.64. The zero-order chi connectivity index (χ0) is 26.0. The van der Waals surface area contributed by atoms with Crippen LogP contribution in [0.5, 0.6) is 0 Å². The number of esters is 1. The lowest BCUT2D eigenvalue weighted by atomic mass is 9.98. The number of anilines is 3. The first-order chi connectivity index (χ1) is 17.8. The maximum absolute atomic E-state index is 12.9. The number of hydrogen-bond acceptors (Lipinski definition) is 10. The van der Waals surface area contributed by atoms with Gasteiger partial charge in [-0.05, 0) is 75.4 Å². The third-order valence-corrected chi connectivity index (χ3v) is 8.71. The molecule has 192 valence electrons. The zero-order valence-corrected chi connectivity index (χ0v) is 22.0. The van der Waals surface area contributed by atoms with Gasteiger partial charge in [-0.3, -0.25) is 0 Å². The molecule has 1 fully saturated rings. The normalized spacial score (nSPS) is 14.4. The highest BCUT2D eigenvalue weighted by Crippen LogP contribution is 2.35. The number of aryl methyl sites for hydroxylation is 2. The molecule has 0 radical (unpaired) electrons. The number of benzene rings is 1. The molecule has 4 aromatic rings. The van der Waals surface area contributed by atoms with Gasteiger partial charge in [-0.15, -0.1) is 11.3 Å². The molecule has 1 aliphatic rings. The number of ether oxygens (including phenoxy) is 1. The van der Waals surface area contributed by atoms with Gasteiger partial charge in [0.1, 0.15) is 28.0 Å². The monoisotopic (exact) mass is 538 g/mol. The second kappa shape index (κ2) is 10.4. The number of fused-ring (bicyclic) bond motifs is 1. The number of nitrogens with zero attached hydrogens (tertiary/aromatic N) is 4. The van der Waals surface area contributed by atoms with Crippen molar-refractivity contribution >= 4 is 55.0 Å². The van der Waals surface area contributed by atoms with Gasteiger partial charge in [-0.1, -0.05) is 6.42 Å². The number of hydrogen-bond donors (Lipinski definition) is 2. The fourth-order valence-corrected chi connectivity index (χ4v) is 6.26. The van der Waals surface area contributed by atoms with Gasteiger partial charge in [0.25, 0.3) is 10.0 Å². The SMILES string of the molecule is Cc1ccnc(NS(=O)(=O)c2ccc(Nc3ncnc4sc(C(=O)OC5CCCCC5)c(C)c34)cc2)n1. The van der Waals surface area contributed by atoms with Crippen molar-refractivity contribution in [2.24, 2.45) is 0 Å². The molecule has 0 spiro atoms. The number of thiophene rings is 1. The Morgan fingerprint density at radius 2 is 1.78 bits per heavy atom. The highest BCUT2D eigenvalue weighted by atomic mass is 32.2. The number of rotatable bonds is 7. The van der Waals surface area contributed by atoms with E-state index in [4.69, 9.17) is 4.74 Å². The number of aromatic nitrogens is 4.